The molecule has 2 amide bonds. The van der Waals surface area contributed by atoms with Crippen LogP contribution in [0.2, 0.25) is 0 Å². The summed E-state index contributed by atoms with van der Waals surface area (Å²) in [7, 11) is 0. The Morgan fingerprint density at radius 1 is 0.951 bits per heavy atom. The topological polar surface area (TPSA) is 92.5 Å². The predicted molar refractivity (Wildman–Crippen MR) is 164 cm³/mol. The van der Waals surface area contributed by atoms with Crippen LogP contribution in [0.4, 0.5) is 0 Å². The van der Waals surface area contributed by atoms with Crippen molar-refractivity contribution in [3.05, 3.63) is 116 Å². The molecule has 1 aliphatic rings. The molecule has 0 spiro atoms. The molecule has 6 rings (SSSR count). The van der Waals surface area contributed by atoms with E-state index in [-0.39, 0.29) is 30.2 Å². The number of para-hydroxylation sites is 1. The molecule has 1 N–H and O–H groups in total. The predicted octanol–water partition coefficient (Wildman–Crippen LogP) is 6.10. The van der Waals surface area contributed by atoms with Gasteiger partial charge in [0.1, 0.15) is 0 Å². The van der Waals surface area contributed by atoms with Gasteiger partial charge >= 0.3 is 0 Å². The minimum atomic E-state index is -0.171. The average Bonchev–Trinajstić information content (AvgIpc) is 3.82. The molecule has 0 saturated carbocycles. The minimum absolute atomic E-state index is 0.109. The van der Waals surface area contributed by atoms with Crippen LogP contribution in [0, 0.1) is 6.92 Å². The molecule has 2 aromatic carbocycles. The Balaban J connectivity index is 1.23. The normalized spacial score (nSPS) is 14.7. The smallest absolute Gasteiger partial charge is 0.261 e. The van der Waals surface area contributed by atoms with E-state index in [1.807, 2.05) is 63.9 Å². The second kappa shape index (κ2) is 12.2. The molecule has 41 heavy (non-hydrogen) atoms. The van der Waals surface area contributed by atoms with E-state index in [1.54, 1.807) is 22.4 Å². The number of hydrogen-bond acceptors (Lipinski definition) is 8. The SMILES string of the molecule is Cc1ccc([C@H]2CC(c3cccs3)=NN2C(=O)CSc2nnc(CNC(=O)c3cccs3)n2-c2ccccc2)cc1. The first-order chi connectivity index (χ1) is 20.1. The molecular weight excluding hydrogens is 573 g/mol. The number of thiophene rings is 2. The largest absolute Gasteiger partial charge is 0.344 e. The van der Waals surface area contributed by atoms with Crippen molar-refractivity contribution in [3.8, 4) is 5.69 Å². The molecule has 11 heteroatoms. The standard InChI is InChI=1S/C30H26N6O2S3/c1-20-11-13-21(14-12-20)24-17-23(25-9-5-15-39-25)34-36(24)28(37)19-41-30-33-32-27(35(30)22-7-3-2-4-8-22)18-31-29(38)26-10-6-16-40-26/h2-16,24H,17-19H2,1H3,(H,31,38)/t24-/m1/s1. The summed E-state index contributed by atoms with van der Waals surface area (Å²) >= 11 is 4.32. The van der Waals surface area contributed by atoms with Gasteiger partial charge in [-0.1, -0.05) is 71.9 Å². The highest BCUT2D eigenvalue weighted by molar-refractivity contribution is 7.99. The number of thioether (sulfide) groups is 1. The number of carbonyl (C=O) groups excluding carboxylic acids is 2. The van der Waals surface area contributed by atoms with Crippen molar-refractivity contribution in [1.82, 2.24) is 25.1 Å². The van der Waals surface area contributed by atoms with Gasteiger partial charge in [-0.05, 0) is 47.5 Å². The summed E-state index contributed by atoms with van der Waals surface area (Å²) in [6, 6.07) is 25.5. The van der Waals surface area contributed by atoms with Crippen LogP contribution in [-0.2, 0) is 11.3 Å². The Bertz CT molecular complexity index is 1660. The van der Waals surface area contributed by atoms with Gasteiger partial charge in [0.05, 0.1) is 33.8 Å². The molecule has 0 fully saturated rings. The number of hydrazone groups is 1. The summed E-state index contributed by atoms with van der Waals surface area (Å²) < 4.78 is 1.88. The fraction of sp³-hybridized carbons (Fsp3) is 0.167. The summed E-state index contributed by atoms with van der Waals surface area (Å²) in [6.45, 7) is 2.25. The fourth-order valence-corrected chi connectivity index (χ4v) is 6.76. The number of aromatic nitrogens is 3. The molecule has 4 heterocycles. The average molecular weight is 599 g/mol. The zero-order chi connectivity index (χ0) is 28.2. The van der Waals surface area contributed by atoms with Crippen LogP contribution in [0.25, 0.3) is 5.69 Å². The number of amides is 2. The number of hydrogen-bond donors (Lipinski definition) is 1. The number of nitrogens with zero attached hydrogens (tertiary/aromatic N) is 5. The zero-order valence-corrected chi connectivity index (χ0v) is 24.6. The van der Waals surface area contributed by atoms with E-state index in [0.29, 0.717) is 22.3 Å². The van der Waals surface area contributed by atoms with E-state index in [2.05, 4.69) is 46.7 Å². The van der Waals surface area contributed by atoms with Gasteiger partial charge in [-0.2, -0.15) is 5.10 Å². The fourth-order valence-electron chi connectivity index (χ4n) is 4.57. The Morgan fingerprint density at radius 2 is 1.73 bits per heavy atom. The lowest BCUT2D eigenvalue weighted by Crippen LogP contribution is -2.28. The Morgan fingerprint density at radius 3 is 2.46 bits per heavy atom. The van der Waals surface area contributed by atoms with Crippen molar-refractivity contribution in [2.45, 2.75) is 31.1 Å². The summed E-state index contributed by atoms with van der Waals surface area (Å²) in [6.07, 6.45) is 0.661. The maximum atomic E-state index is 13.7. The highest BCUT2D eigenvalue weighted by Crippen LogP contribution is 2.35. The van der Waals surface area contributed by atoms with E-state index in [9.17, 15) is 9.59 Å². The molecule has 3 aromatic heterocycles. The third-order valence-electron chi connectivity index (χ3n) is 6.63. The van der Waals surface area contributed by atoms with Crippen molar-refractivity contribution in [3.63, 3.8) is 0 Å². The zero-order valence-electron chi connectivity index (χ0n) is 22.1. The quantitative estimate of drug-likeness (QED) is 0.207. The van der Waals surface area contributed by atoms with Crippen LogP contribution in [0.15, 0.2) is 99.9 Å². The molecule has 0 aliphatic carbocycles. The first-order valence-corrected chi connectivity index (χ1v) is 15.8. The van der Waals surface area contributed by atoms with Crippen LogP contribution in [-0.4, -0.2) is 43.1 Å². The lowest BCUT2D eigenvalue weighted by Gasteiger charge is -2.22. The number of benzene rings is 2. The molecule has 0 bridgehead atoms. The van der Waals surface area contributed by atoms with E-state index in [4.69, 9.17) is 5.10 Å². The lowest BCUT2D eigenvalue weighted by atomic mass is 10.00. The van der Waals surface area contributed by atoms with Gasteiger partial charge in [-0.25, -0.2) is 5.01 Å². The number of rotatable bonds is 9. The van der Waals surface area contributed by atoms with Crippen molar-refractivity contribution < 1.29 is 9.59 Å². The van der Waals surface area contributed by atoms with Gasteiger partial charge in [0.2, 0.25) is 0 Å². The van der Waals surface area contributed by atoms with Gasteiger partial charge in [0.15, 0.2) is 11.0 Å². The van der Waals surface area contributed by atoms with E-state index in [0.717, 1.165) is 21.8 Å². The number of nitrogens with one attached hydrogen (secondary N) is 1. The van der Waals surface area contributed by atoms with Crippen LogP contribution in [0.1, 0.15) is 44.0 Å². The Labute approximate surface area is 249 Å². The minimum Gasteiger partial charge on any atom is -0.344 e. The van der Waals surface area contributed by atoms with Crippen LogP contribution < -0.4 is 5.32 Å². The monoisotopic (exact) mass is 598 g/mol. The first kappa shape index (κ1) is 27.1. The van der Waals surface area contributed by atoms with Gasteiger partial charge in [0, 0.05) is 12.1 Å². The van der Waals surface area contributed by atoms with Gasteiger partial charge in [-0.3, -0.25) is 14.2 Å². The van der Waals surface area contributed by atoms with Gasteiger partial charge < -0.3 is 5.32 Å². The number of aryl methyl sites for hydroxylation is 1. The summed E-state index contributed by atoms with van der Waals surface area (Å²) in [5.74, 6) is 0.438. The van der Waals surface area contributed by atoms with Crippen LogP contribution in [0.5, 0.6) is 0 Å². The van der Waals surface area contributed by atoms with Crippen molar-refractivity contribution in [2.75, 3.05) is 5.75 Å². The molecule has 1 atom stereocenters. The molecular formula is C30H26N6O2S3. The van der Waals surface area contributed by atoms with Gasteiger partial charge in [-0.15, -0.1) is 32.9 Å². The maximum absolute atomic E-state index is 13.7. The van der Waals surface area contributed by atoms with Crippen molar-refractivity contribution in [2.24, 2.45) is 5.10 Å². The van der Waals surface area contributed by atoms with E-state index < -0.39 is 0 Å². The van der Waals surface area contributed by atoms with E-state index in [1.165, 1.54) is 28.7 Å². The van der Waals surface area contributed by atoms with E-state index >= 15 is 0 Å². The molecule has 206 valence electrons. The Hall–Kier alpha value is -4.06. The third-order valence-corrected chi connectivity index (χ3v) is 9.33. The lowest BCUT2D eigenvalue weighted by molar-refractivity contribution is -0.130. The molecule has 0 unspecified atom stereocenters. The molecule has 1 aliphatic heterocycles. The molecule has 8 nitrogen and oxygen atoms in total. The highest BCUT2D eigenvalue weighted by atomic mass is 32.2. The number of carbonyl (C=O) groups is 2. The first-order valence-electron chi connectivity index (χ1n) is 13.0. The Kier molecular flexibility index (Phi) is 8.08. The van der Waals surface area contributed by atoms with Crippen LogP contribution in [0.3, 0.4) is 0 Å². The molecule has 0 saturated heterocycles. The van der Waals surface area contributed by atoms with Crippen molar-refractivity contribution in [1.29, 1.82) is 0 Å². The van der Waals surface area contributed by atoms with Crippen molar-refractivity contribution >= 4 is 52.0 Å². The highest BCUT2D eigenvalue weighted by Gasteiger charge is 2.33. The van der Waals surface area contributed by atoms with Crippen LogP contribution >= 0.6 is 34.4 Å². The maximum Gasteiger partial charge on any atom is 0.261 e. The van der Waals surface area contributed by atoms with Gasteiger partial charge in [0.25, 0.3) is 11.8 Å². The summed E-state index contributed by atoms with van der Waals surface area (Å²) in [5.41, 5.74) is 3.99. The second-order valence-corrected chi connectivity index (χ2v) is 12.2. The summed E-state index contributed by atoms with van der Waals surface area (Å²) in [5, 5.41) is 22.6. The second-order valence-electron chi connectivity index (χ2n) is 9.41. The third kappa shape index (κ3) is 6.02. The summed E-state index contributed by atoms with van der Waals surface area (Å²) in [4.78, 5) is 27.9. The molecule has 5 aromatic rings. The molecule has 0 radical (unpaired) electrons.